The first kappa shape index (κ1) is 17.1. The van der Waals surface area contributed by atoms with Crippen LogP contribution < -0.4 is 5.32 Å². The molecule has 0 heterocycles. The molecule has 0 unspecified atom stereocenters. The van der Waals surface area contributed by atoms with E-state index in [0.29, 0.717) is 0 Å². The summed E-state index contributed by atoms with van der Waals surface area (Å²) < 4.78 is 0.944. The van der Waals surface area contributed by atoms with E-state index in [0.717, 1.165) is 42.6 Å². The number of rotatable bonds is 9. The standard InChI is InChI=1S/C15H24BrN3O/c1-19(2)10-4-9-17-7-3-8-18-12-13-11-14(16)5-6-15(13)20/h5-6,11-12,17,20H,3-4,7-10H2,1-2H3. The third kappa shape index (κ3) is 7.62. The lowest BCUT2D eigenvalue weighted by molar-refractivity contribution is 0.394. The first-order valence-corrected chi connectivity index (χ1v) is 7.72. The molecular formula is C15H24BrN3O. The van der Waals surface area contributed by atoms with E-state index < -0.39 is 0 Å². The maximum absolute atomic E-state index is 9.65. The predicted octanol–water partition coefficient (Wildman–Crippen LogP) is 2.51. The number of aliphatic imine (C=N–C) groups is 1. The molecule has 2 N–H and O–H groups in total. The summed E-state index contributed by atoms with van der Waals surface area (Å²) in [5, 5.41) is 13.1. The van der Waals surface area contributed by atoms with E-state index in [9.17, 15) is 5.11 Å². The second-order valence-corrected chi connectivity index (χ2v) is 5.91. The molecule has 0 fully saturated rings. The highest BCUT2D eigenvalue weighted by Crippen LogP contribution is 2.19. The van der Waals surface area contributed by atoms with E-state index in [1.807, 2.05) is 12.1 Å². The summed E-state index contributed by atoms with van der Waals surface area (Å²) in [7, 11) is 4.18. The first-order valence-electron chi connectivity index (χ1n) is 6.93. The van der Waals surface area contributed by atoms with Crippen LogP contribution in [0.5, 0.6) is 5.75 Å². The molecule has 0 saturated heterocycles. The number of hydrogen-bond donors (Lipinski definition) is 2. The Kier molecular flexibility index (Phi) is 8.49. The van der Waals surface area contributed by atoms with Crippen molar-refractivity contribution in [1.29, 1.82) is 0 Å². The van der Waals surface area contributed by atoms with Crippen molar-refractivity contribution in [2.75, 3.05) is 40.3 Å². The largest absolute Gasteiger partial charge is 0.507 e. The smallest absolute Gasteiger partial charge is 0.124 e. The molecule has 0 spiro atoms. The summed E-state index contributed by atoms with van der Waals surface area (Å²) >= 11 is 3.38. The molecule has 0 saturated carbocycles. The molecule has 20 heavy (non-hydrogen) atoms. The summed E-state index contributed by atoms with van der Waals surface area (Å²) in [4.78, 5) is 6.53. The van der Waals surface area contributed by atoms with Crippen molar-refractivity contribution < 1.29 is 5.11 Å². The van der Waals surface area contributed by atoms with Crippen molar-refractivity contribution in [2.24, 2.45) is 4.99 Å². The van der Waals surface area contributed by atoms with E-state index in [4.69, 9.17) is 0 Å². The van der Waals surface area contributed by atoms with Gasteiger partial charge in [0.05, 0.1) is 0 Å². The van der Waals surface area contributed by atoms with Crippen LogP contribution in [-0.4, -0.2) is 56.5 Å². The molecule has 0 bridgehead atoms. The highest BCUT2D eigenvalue weighted by molar-refractivity contribution is 9.10. The van der Waals surface area contributed by atoms with E-state index in [1.54, 1.807) is 12.3 Å². The lowest BCUT2D eigenvalue weighted by Crippen LogP contribution is -2.22. The fourth-order valence-electron chi connectivity index (χ4n) is 1.73. The molecule has 112 valence electrons. The van der Waals surface area contributed by atoms with Gasteiger partial charge in [0.1, 0.15) is 5.75 Å². The monoisotopic (exact) mass is 341 g/mol. The van der Waals surface area contributed by atoms with Crippen LogP contribution in [0.2, 0.25) is 0 Å². The Morgan fingerprint density at radius 2 is 2.05 bits per heavy atom. The highest BCUT2D eigenvalue weighted by Gasteiger charge is 1.98. The maximum Gasteiger partial charge on any atom is 0.124 e. The maximum atomic E-state index is 9.65. The zero-order chi connectivity index (χ0) is 14.8. The number of phenolic OH excluding ortho intramolecular Hbond substituents is 1. The third-order valence-corrected chi connectivity index (χ3v) is 3.31. The second-order valence-electron chi connectivity index (χ2n) is 5.00. The molecular weight excluding hydrogens is 318 g/mol. The predicted molar refractivity (Wildman–Crippen MR) is 88.9 cm³/mol. The van der Waals surface area contributed by atoms with Crippen molar-refractivity contribution in [3.05, 3.63) is 28.2 Å². The van der Waals surface area contributed by atoms with Gasteiger partial charge in [-0.15, -0.1) is 0 Å². The van der Waals surface area contributed by atoms with Crippen LogP contribution >= 0.6 is 15.9 Å². The summed E-state index contributed by atoms with van der Waals surface area (Å²) in [5.41, 5.74) is 0.748. The van der Waals surface area contributed by atoms with Gasteiger partial charge in [0, 0.05) is 22.8 Å². The minimum atomic E-state index is 0.263. The van der Waals surface area contributed by atoms with Crippen LogP contribution in [0.3, 0.4) is 0 Å². The summed E-state index contributed by atoms with van der Waals surface area (Å²) in [6, 6.07) is 5.33. The van der Waals surface area contributed by atoms with Crippen molar-refractivity contribution >= 4 is 22.1 Å². The van der Waals surface area contributed by atoms with Gasteiger partial charge in [0.2, 0.25) is 0 Å². The quantitative estimate of drug-likeness (QED) is 0.536. The summed E-state index contributed by atoms with van der Waals surface area (Å²) in [6.45, 7) is 3.92. The molecule has 0 atom stereocenters. The summed E-state index contributed by atoms with van der Waals surface area (Å²) in [6.07, 6.45) is 3.90. The normalized spacial score (nSPS) is 11.6. The van der Waals surface area contributed by atoms with Gasteiger partial charge in [-0.05, 0) is 64.8 Å². The fraction of sp³-hybridized carbons (Fsp3) is 0.533. The molecule has 0 amide bonds. The topological polar surface area (TPSA) is 47.9 Å². The van der Waals surface area contributed by atoms with Gasteiger partial charge in [0.25, 0.3) is 0 Å². The molecule has 1 rings (SSSR count). The first-order chi connectivity index (χ1) is 9.59. The van der Waals surface area contributed by atoms with Gasteiger partial charge in [-0.1, -0.05) is 15.9 Å². The molecule has 0 aromatic heterocycles. The molecule has 0 aliphatic heterocycles. The highest BCUT2D eigenvalue weighted by atomic mass is 79.9. The minimum Gasteiger partial charge on any atom is -0.507 e. The molecule has 0 radical (unpaired) electrons. The number of nitrogens with one attached hydrogen (secondary N) is 1. The zero-order valence-corrected chi connectivity index (χ0v) is 13.9. The van der Waals surface area contributed by atoms with Gasteiger partial charge in [-0.3, -0.25) is 4.99 Å². The van der Waals surface area contributed by atoms with Crippen LogP contribution in [0.4, 0.5) is 0 Å². The lowest BCUT2D eigenvalue weighted by atomic mass is 10.2. The zero-order valence-electron chi connectivity index (χ0n) is 12.3. The van der Waals surface area contributed by atoms with E-state index in [1.165, 1.54) is 6.42 Å². The van der Waals surface area contributed by atoms with E-state index in [-0.39, 0.29) is 5.75 Å². The van der Waals surface area contributed by atoms with Crippen LogP contribution in [-0.2, 0) is 0 Å². The number of hydrogen-bond acceptors (Lipinski definition) is 4. The van der Waals surface area contributed by atoms with E-state index >= 15 is 0 Å². The number of benzene rings is 1. The number of halogens is 1. The Morgan fingerprint density at radius 1 is 1.30 bits per heavy atom. The van der Waals surface area contributed by atoms with Gasteiger partial charge in [-0.2, -0.15) is 0 Å². The van der Waals surface area contributed by atoms with Gasteiger partial charge < -0.3 is 15.3 Å². The average Bonchev–Trinajstić information content (AvgIpc) is 2.40. The number of phenols is 1. The number of nitrogens with zero attached hydrogens (tertiary/aromatic N) is 2. The molecule has 4 nitrogen and oxygen atoms in total. The Hall–Kier alpha value is -0.910. The lowest BCUT2D eigenvalue weighted by Gasteiger charge is -2.09. The Morgan fingerprint density at radius 3 is 2.80 bits per heavy atom. The Bertz CT molecular complexity index is 422. The van der Waals surface area contributed by atoms with Gasteiger partial charge in [-0.25, -0.2) is 0 Å². The van der Waals surface area contributed by atoms with Gasteiger partial charge in [0.15, 0.2) is 0 Å². The van der Waals surface area contributed by atoms with Crippen molar-refractivity contribution in [3.63, 3.8) is 0 Å². The fourth-order valence-corrected chi connectivity index (χ4v) is 2.11. The molecule has 0 aliphatic rings. The minimum absolute atomic E-state index is 0.263. The average molecular weight is 342 g/mol. The van der Waals surface area contributed by atoms with Crippen LogP contribution in [0, 0.1) is 0 Å². The molecule has 0 aliphatic carbocycles. The number of aromatic hydroxyl groups is 1. The van der Waals surface area contributed by atoms with Crippen LogP contribution in [0.15, 0.2) is 27.7 Å². The Balaban J connectivity index is 2.12. The van der Waals surface area contributed by atoms with Crippen molar-refractivity contribution in [3.8, 4) is 5.75 Å². The molecule has 1 aromatic carbocycles. The van der Waals surface area contributed by atoms with Crippen molar-refractivity contribution in [1.82, 2.24) is 10.2 Å². The van der Waals surface area contributed by atoms with E-state index in [2.05, 4.69) is 45.2 Å². The molecule has 5 heteroatoms. The second kappa shape index (κ2) is 9.91. The molecule has 1 aromatic rings. The van der Waals surface area contributed by atoms with Gasteiger partial charge >= 0.3 is 0 Å². The Labute approximate surface area is 130 Å². The summed E-state index contributed by atoms with van der Waals surface area (Å²) in [5.74, 6) is 0.263. The van der Waals surface area contributed by atoms with Crippen LogP contribution in [0.25, 0.3) is 0 Å². The SMILES string of the molecule is CN(C)CCCNCCCN=Cc1cc(Br)ccc1O. The van der Waals surface area contributed by atoms with Crippen molar-refractivity contribution in [2.45, 2.75) is 12.8 Å². The van der Waals surface area contributed by atoms with Crippen LogP contribution in [0.1, 0.15) is 18.4 Å². The third-order valence-electron chi connectivity index (χ3n) is 2.82.